The number of aromatic nitrogens is 2. The second kappa shape index (κ2) is 5.30. The zero-order chi connectivity index (χ0) is 13.2. The Morgan fingerprint density at radius 3 is 3.00 bits per heavy atom. The first kappa shape index (κ1) is 12.6. The van der Waals surface area contributed by atoms with Gasteiger partial charge >= 0.3 is 0 Å². The zero-order valence-corrected chi connectivity index (χ0v) is 11.9. The van der Waals surface area contributed by atoms with Gasteiger partial charge in [0.05, 0.1) is 6.20 Å². The van der Waals surface area contributed by atoms with Crippen LogP contribution in [0.15, 0.2) is 29.0 Å². The summed E-state index contributed by atoms with van der Waals surface area (Å²) in [6, 6.07) is 3.97. The third-order valence-corrected chi connectivity index (χ3v) is 3.73. The molecule has 3 rings (SSSR count). The number of fused-ring (bicyclic) bond motifs is 1. The molecule has 0 bridgehead atoms. The molecule has 1 N–H and O–H groups in total. The molecule has 2 aromatic rings. The standard InChI is InChI=1S/C13H14BrN3O2/c14-9-1-2-12-15-7-11(17(12)8-9)13(18)16-10-3-5-19-6-4-10/h1-2,7-8,10H,3-6H2,(H,16,18). The van der Waals surface area contributed by atoms with E-state index in [1.165, 1.54) is 0 Å². The van der Waals surface area contributed by atoms with E-state index in [1.807, 2.05) is 18.3 Å². The molecular weight excluding hydrogens is 310 g/mol. The molecule has 6 heteroatoms. The van der Waals surface area contributed by atoms with Crippen LogP contribution in [-0.2, 0) is 4.74 Å². The number of carbonyl (C=O) groups excluding carboxylic acids is 1. The molecule has 1 fully saturated rings. The molecule has 0 radical (unpaired) electrons. The van der Waals surface area contributed by atoms with Crippen molar-refractivity contribution in [1.82, 2.24) is 14.7 Å². The summed E-state index contributed by atoms with van der Waals surface area (Å²) in [5, 5.41) is 3.04. The number of hydrogen-bond acceptors (Lipinski definition) is 3. The number of nitrogens with one attached hydrogen (secondary N) is 1. The summed E-state index contributed by atoms with van der Waals surface area (Å²) >= 11 is 3.40. The van der Waals surface area contributed by atoms with Gasteiger partial charge in [0.15, 0.2) is 0 Å². The number of amides is 1. The van der Waals surface area contributed by atoms with Gasteiger partial charge in [0.25, 0.3) is 5.91 Å². The molecule has 2 aromatic heterocycles. The third kappa shape index (κ3) is 2.64. The Morgan fingerprint density at radius 2 is 2.21 bits per heavy atom. The van der Waals surface area contributed by atoms with Crippen LogP contribution in [0.4, 0.5) is 0 Å². The van der Waals surface area contributed by atoms with E-state index in [4.69, 9.17) is 4.74 Å². The van der Waals surface area contributed by atoms with E-state index in [0.29, 0.717) is 18.9 Å². The fourth-order valence-corrected chi connectivity index (χ4v) is 2.56. The van der Waals surface area contributed by atoms with Gasteiger partial charge in [0.1, 0.15) is 11.3 Å². The van der Waals surface area contributed by atoms with Crippen molar-refractivity contribution in [2.45, 2.75) is 18.9 Å². The molecule has 1 amide bonds. The van der Waals surface area contributed by atoms with E-state index in [1.54, 1.807) is 10.6 Å². The lowest BCUT2D eigenvalue weighted by atomic mass is 10.1. The SMILES string of the molecule is O=C(NC1CCOCC1)c1cnc2ccc(Br)cn12. The van der Waals surface area contributed by atoms with E-state index in [-0.39, 0.29) is 11.9 Å². The number of rotatable bonds is 2. The van der Waals surface area contributed by atoms with Gasteiger partial charge in [-0.3, -0.25) is 9.20 Å². The molecule has 1 aliphatic rings. The molecule has 0 aromatic carbocycles. The maximum absolute atomic E-state index is 12.3. The van der Waals surface area contributed by atoms with Crippen molar-refractivity contribution in [3.63, 3.8) is 0 Å². The van der Waals surface area contributed by atoms with Crippen LogP contribution in [0.1, 0.15) is 23.3 Å². The van der Waals surface area contributed by atoms with E-state index in [2.05, 4.69) is 26.2 Å². The molecule has 1 saturated heterocycles. The summed E-state index contributed by atoms with van der Waals surface area (Å²) in [5.74, 6) is -0.0856. The maximum atomic E-state index is 12.3. The molecule has 0 spiro atoms. The van der Waals surface area contributed by atoms with Crippen molar-refractivity contribution in [3.05, 3.63) is 34.7 Å². The number of carbonyl (C=O) groups is 1. The van der Waals surface area contributed by atoms with Gasteiger partial charge in [-0.25, -0.2) is 4.98 Å². The first-order chi connectivity index (χ1) is 9.24. The number of imidazole rings is 1. The minimum atomic E-state index is -0.0856. The Balaban J connectivity index is 1.82. The molecule has 19 heavy (non-hydrogen) atoms. The lowest BCUT2D eigenvalue weighted by molar-refractivity contribution is 0.0694. The van der Waals surface area contributed by atoms with Crippen molar-refractivity contribution in [2.75, 3.05) is 13.2 Å². The average Bonchev–Trinajstić information content (AvgIpc) is 2.82. The van der Waals surface area contributed by atoms with Crippen LogP contribution >= 0.6 is 15.9 Å². The highest BCUT2D eigenvalue weighted by Gasteiger charge is 2.19. The summed E-state index contributed by atoms with van der Waals surface area (Å²) in [5.41, 5.74) is 1.32. The van der Waals surface area contributed by atoms with Gasteiger partial charge in [-0.15, -0.1) is 0 Å². The summed E-state index contributed by atoms with van der Waals surface area (Å²) in [4.78, 5) is 16.5. The monoisotopic (exact) mass is 323 g/mol. The number of ether oxygens (including phenoxy) is 1. The smallest absolute Gasteiger partial charge is 0.270 e. The number of halogens is 1. The third-order valence-electron chi connectivity index (χ3n) is 3.26. The minimum absolute atomic E-state index is 0.0856. The van der Waals surface area contributed by atoms with Crippen LogP contribution in [-0.4, -0.2) is 34.5 Å². The fourth-order valence-electron chi connectivity index (χ4n) is 2.22. The summed E-state index contributed by atoms with van der Waals surface area (Å²) in [6.45, 7) is 1.42. The van der Waals surface area contributed by atoms with Crippen LogP contribution in [0.25, 0.3) is 5.65 Å². The Hall–Kier alpha value is -1.40. The minimum Gasteiger partial charge on any atom is -0.381 e. The van der Waals surface area contributed by atoms with Gasteiger partial charge in [-0.05, 0) is 40.9 Å². The number of hydrogen-bond donors (Lipinski definition) is 1. The Bertz CT molecular complexity index is 605. The second-order valence-corrected chi connectivity index (χ2v) is 5.49. The van der Waals surface area contributed by atoms with Crippen molar-refractivity contribution in [3.8, 4) is 0 Å². The first-order valence-corrected chi connectivity index (χ1v) is 7.04. The molecule has 0 saturated carbocycles. The van der Waals surface area contributed by atoms with Gasteiger partial charge in [-0.2, -0.15) is 0 Å². The highest BCUT2D eigenvalue weighted by atomic mass is 79.9. The highest BCUT2D eigenvalue weighted by Crippen LogP contribution is 2.14. The Labute approximate surface area is 119 Å². The lowest BCUT2D eigenvalue weighted by Crippen LogP contribution is -2.39. The normalized spacial score (nSPS) is 16.7. The van der Waals surface area contributed by atoms with Gasteiger partial charge in [-0.1, -0.05) is 0 Å². The molecule has 1 aliphatic heterocycles. The van der Waals surface area contributed by atoms with E-state index < -0.39 is 0 Å². The quantitative estimate of drug-likeness (QED) is 0.919. The second-order valence-electron chi connectivity index (χ2n) is 4.58. The van der Waals surface area contributed by atoms with Crippen LogP contribution in [0.3, 0.4) is 0 Å². The predicted octanol–water partition coefficient (Wildman–Crippen LogP) is 2.01. The molecule has 3 heterocycles. The predicted molar refractivity (Wildman–Crippen MR) is 74.2 cm³/mol. The molecule has 5 nitrogen and oxygen atoms in total. The lowest BCUT2D eigenvalue weighted by Gasteiger charge is -2.22. The summed E-state index contributed by atoms with van der Waals surface area (Å²) < 4.78 is 7.99. The Morgan fingerprint density at radius 1 is 1.42 bits per heavy atom. The van der Waals surface area contributed by atoms with E-state index in [0.717, 1.165) is 23.0 Å². The molecular formula is C13H14BrN3O2. The Kier molecular flexibility index (Phi) is 3.52. The fraction of sp³-hybridized carbons (Fsp3) is 0.385. The maximum Gasteiger partial charge on any atom is 0.270 e. The largest absolute Gasteiger partial charge is 0.381 e. The zero-order valence-electron chi connectivity index (χ0n) is 10.3. The molecule has 0 atom stereocenters. The average molecular weight is 324 g/mol. The van der Waals surface area contributed by atoms with Crippen molar-refractivity contribution < 1.29 is 9.53 Å². The van der Waals surface area contributed by atoms with E-state index in [9.17, 15) is 4.79 Å². The first-order valence-electron chi connectivity index (χ1n) is 6.25. The van der Waals surface area contributed by atoms with Crippen LogP contribution in [0.2, 0.25) is 0 Å². The van der Waals surface area contributed by atoms with Crippen molar-refractivity contribution >= 4 is 27.5 Å². The topological polar surface area (TPSA) is 55.6 Å². The molecule has 100 valence electrons. The van der Waals surface area contributed by atoms with Gasteiger partial charge < -0.3 is 10.1 Å². The number of pyridine rings is 1. The van der Waals surface area contributed by atoms with E-state index >= 15 is 0 Å². The number of nitrogens with zero attached hydrogens (tertiary/aromatic N) is 2. The van der Waals surface area contributed by atoms with Crippen molar-refractivity contribution in [2.24, 2.45) is 0 Å². The van der Waals surface area contributed by atoms with Gasteiger partial charge in [0.2, 0.25) is 0 Å². The molecule has 0 aliphatic carbocycles. The summed E-state index contributed by atoms with van der Waals surface area (Å²) in [7, 11) is 0. The van der Waals surface area contributed by atoms with Crippen LogP contribution in [0.5, 0.6) is 0 Å². The van der Waals surface area contributed by atoms with Crippen molar-refractivity contribution in [1.29, 1.82) is 0 Å². The summed E-state index contributed by atoms with van der Waals surface area (Å²) in [6.07, 6.45) is 5.19. The van der Waals surface area contributed by atoms with Gasteiger partial charge in [0, 0.05) is 29.9 Å². The highest BCUT2D eigenvalue weighted by molar-refractivity contribution is 9.10. The van der Waals surface area contributed by atoms with Crippen LogP contribution in [0, 0.1) is 0 Å². The van der Waals surface area contributed by atoms with Crippen LogP contribution < -0.4 is 5.32 Å². The molecule has 0 unspecified atom stereocenters.